The number of rotatable bonds is 2. The number of methoxy groups -OCH3 is 1. The summed E-state index contributed by atoms with van der Waals surface area (Å²) in [5.74, 6) is 0.848. The highest BCUT2D eigenvalue weighted by atomic mass is 16.5. The average Bonchev–Trinajstić information content (AvgIpc) is 2.47. The van der Waals surface area contributed by atoms with Crippen LogP contribution in [0.5, 0.6) is 5.75 Å². The van der Waals surface area contributed by atoms with Gasteiger partial charge in [-0.2, -0.15) is 0 Å². The maximum Gasteiger partial charge on any atom is 0.159 e. The van der Waals surface area contributed by atoms with Gasteiger partial charge in [-0.15, -0.1) is 0 Å². The van der Waals surface area contributed by atoms with Crippen LogP contribution >= 0.6 is 0 Å². The number of benzene rings is 1. The summed E-state index contributed by atoms with van der Waals surface area (Å²) in [5.41, 5.74) is 3.96. The zero-order valence-electron chi connectivity index (χ0n) is 10.9. The summed E-state index contributed by atoms with van der Waals surface area (Å²) in [4.78, 5) is 8.95. The van der Waals surface area contributed by atoms with Crippen LogP contribution in [0, 0.1) is 6.92 Å². The van der Waals surface area contributed by atoms with Crippen LogP contribution in [-0.2, 0) is 0 Å². The minimum atomic E-state index is 0.777. The Hall–Kier alpha value is -2.42. The van der Waals surface area contributed by atoms with E-state index in [0.29, 0.717) is 0 Å². The van der Waals surface area contributed by atoms with Crippen molar-refractivity contribution in [2.24, 2.45) is 0 Å². The number of fused-ring (bicyclic) bond motifs is 1. The number of aryl methyl sites for hydroxylation is 1. The van der Waals surface area contributed by atoms with Crippen molar-refractivity contribution in [1.29, 1.82) is 0 Å². The van der Waals surface area contributed by atoms with Crippen LogP contribution in [-0.4, -0.2) is 17.1 Å². The van der Waals surface area contributed by atoms with Crippen molar-refractivity contribution >= 4 is 11.0 Å². The van der Waals surface area contributed by atoms with E-state index in [1.807, 2.05) is 36.4 Å². The summed E-state index contributed by atoms with van der Waals surface area (Å²) in [7, 11) is 1.67. The third kappa shape index (κ3) is 2.15. The highest BCUT2D eigenvalue weighted by Crippen LogP contribution is 2.25. The highest BCUT2D eigenvalue weighted by Gasteiger charge is 2.06. The SMILES string of the molecule is COc1ccc(-c2nc3ncccc3cc2C)cc1. The van der Waals surface area contributed by atoms with E-state index in [4.69, 9.17) is 4.74 Å². The molecule has 19 heavy (non-hydrogen) atoms. The summed E-state index contributed by atoms with van der Waals surface area (Å²) in [5, 5.41) is 1.07. The van der Waals surface area contributed by atoms with Crippen LogP contribution in [0.1, 0.15) is 5.56 Å². The predicted molar refractivity (Wildman–Crippen MR) is 76.3 cm³/mol. The molecule has 0 saturated heterocycles. The van der Waals surface area contributed by atoms with E-state index in [2.05, 4.69) is 23.0 Å². The van der Waals surface area contributed by atoms with Crippen molar-refractivity contribution < 1.29 is 4.74 Å². The fourth-order valence-corrected chi connectivity index (χ4v) is 2.15. The lowest BCUT2D eigenvalue weighted by Crippen LogP contribution is -1.92. The number of aromatic nitrogens is 2. The van der Waals surface area contributed by atoms with E-state index < -0.39 is 0 Å². The van der Waals surface area contributed by atoms with E-state index in [-0.39, 0.29) is 0 Å². The van der Waals surface area contributed by atoms with Crippen LogP contribution in [0.3, 0.4) is 0 Å². The molecule has 0 aliphatic rings. The Bertz CT molecular complexity index is 720. The first kappa shape index (κ1) is 11.7. The van der Waals surface area contributed by atoms with Gasteiger partial charge in [0, 0.05) is 17.1 Å². The molecule has 94 valence electrons. The van der Waals surface area contributed by atoms with Gasteiger partial charge >= 0.3 is 0 Å². The molecular formula is C16H14N2O. The summed E-state index contributed by atoms with van der Waals surface area (Å²) in [6.07, 6.45) is 1.77. The number of ether oxygens (including phenoxy) is 1. The van der Waals surface area contributed by atoms with E-state index in [1.165, 1.54) is 0 Å². The van der Waals surface area contributed by atoms with Crippen LogP contribution in [0.4, 0.5) is 0 Å². The monoisotopic (exact) mass is 250 g/mol. The summed E-state index contributed by atoms with van der Waals surface area (Å²) in [6, 6.07) is 14.0. The van der Waals surface area contributed by atoms with Gasteiger partial charge in [-0.1, -0.05) is 0 Å². The van der Waals surface area contributed by atoms with E-state index >= 15 is 0 Å². The quantitative estimate of drug-likeness (QED) is 0.696. The van der Waals surface area contributed by atoms with Gasteiger partial charge in [0.2, 0.25) is 0 Å². The van der Waals surface area contributed by atoms with Gasteiger partial charge in [0.25, 0.3) is 0 Å². The lowest BCUT2D eigenvalue weighted by atomic mass is 10.1. The Morgan fingerprint density at radius 1 is 1.05 bits per heavy atom. The second-order valence-electron chi connectivity index (χ2n) is 4.43. The average molecular weight is 250 g/mol. The molecule has 1 aromatic carbocycles. The molecule has 3 aromatic rings. The minimum Gasteiger partial charge on any atom is -0.497 e. The van der Waals surface area contributed by atoms with Gasteiger partial charge in [-0.05, 0) is 55.0 Å². The second kappa shape index (κ2) is 4.69. The molecule has 3 nitrogen and oxygen atoms in total. The molecular weight excluding hydrogens is 236 g/mol. The Morgan fingerprint density at radius 3 is 2.58 bits per heavy atom. The molecule has 0 saturated carbocycles. The normalized spacial score (nSPS) is 10.6. The van der Waals surface area contributed by atoms with Crippen molar-refractivity contribution in [1.82, 2.24) is 9.97 Å². The molecule has 0 amide bonds. The molecule has 0 bridgehead atoms. The molecule has 0 aliphatic carbocycles. The molecule has 2 heterocycles. The Kier molecular flexibility index (Phi) is 2.88. The number of pyridine rings is 2. The standard InChI is InChI=1S/C16H14N2O/c1-11-10-13-4-3-9-17-16(13)18-15(11)12-5-7-14(19-2)8-6-12/h3-10H,1-2H3. The highest BCUT2D eigenvalue weighted by molar-refractivity contribution is 5.80. The third-order valence-corrected chi connectivity index (χ3v) is 3.14. The molecule has 3 heteroatoms. The van der Waals surface area contributed by atoms with Crippen molar-refractivity contribution in [2.75, 3.05) is 7.11 Å². The number of nitrogens with zero attached hydrogens (tertiary/aromatic N) is 2. The first-order valence-corrected chi connectivity index (χ1v) is 6.15. The zero-order valence-corrected chi connectivity index (χ0v) is 10.9. The maximum absolute atomic E-state index is 5.17. The molecule has 0 fully saturated rings. The lowest BCUT2D eigenvalue weighted by Gasteiger charge is -2.07. The van der Waals surface area contributed by atoms with E-state index in [9.17, 15) is 0 Å². The fraction of sp³-hybridized carbons (Fsp3) is 0.125. The van der Waals surface area contributed by atoms with E-state index in [0.717, 1.165) is 33.6 Å². The lowest BCUT2D eigenvalue weighted by molar-refractivity contribution is 0.415. The maximum atomic E-state index is 5.17. The first-order chi connectivity index (χ1) is 9.28. The van der Waals surface area contributed by atoms with Crippen LogP contribution in [0.25, 0.3) is 22.3 Å². The largest absolute Gasteiger partial charge is 0.497 e. The predicted octanol–water partition coefficient (Wildman–Crippen LogP) is 3.61. The fourth-order valence-electron chi connectivity index (χ4n) is 2.15. The summed E-state index contributed by atoms with van der Waals surface area (Å²) in [6.45, 7) is 2.07. The Morgan fingerprint density at radius 2 is 1.84 bits per heavy atom. The van der Waals surface area contributed by atoms with Gasteiger partial charge in [-0.25, -0.2) is 9.97 Å². The zero-order chi connectivity index (χ0) is 13.2. The Balaban J connectivity index is 2.15. The van der Waals surface area contributed by atoms with Crippen LogP contribution < -0.4 is 4.74 Å². The van der Waals surface area contributed by atoms with Crippen molar-refractivity contribution in [3.63, 3.8) is 0 Å². The summed E-state index contributed by atoms with van der Waals surface area (Å²) < 4.78 is 5.17. The van der Waals surface area contributed by atoms with Crippen molar-refractivity contribution in [2.45, 2.75) is 6.92 Å². The summed E-state index contributed by atoms with van der Waals surface area (Å²) >= 11 is 0. The molecule has 2 aromatic heterocycles. The van der Waals surface area contributed by atoms with Gasteiger partial charge < -0.3 is 4.74 Å². The van der Waals surface area contributed by atoms with Crippen LogP contribution in [0.15, 0.2) is 48.7 Å². The molecule has 3 rings (SSSR count). The molecule has 0 N–H and O–H groups in total. The van der Waals surface area contributed by atoms with Crippen molar-refractivity contribution in [3.05, 3.63) is 54.2 Å². The molecule has 0 unspecified atom stereocenters. The number of hydrogen-bond acceptors (Lipinski definition) is 3. The topological polar surface area (TPSA) is 35.0 Å². The van der Waals surface area contributed by atoms with Gasteiger partial charge in [-0.3, -0.25) is 0 Å². The first-order valence-electron chi connectivity index (χ1n) is 6.15. The molecule has 0 radical (unpaired) electrons. The third-order valence-electron chi connectivity index (χ3n) is 3.14. The molecule has 0 spiro atoms. The van der Waals surface area contributed by atoms with Gasteiger partial charge in [0.05, 0.1) is 12.8 Å². The smallest absolute Gasteiger partial charge is 0.159 e. The minimum absolute atomic E-state index is 0.777. The van der Waals surface area contributed by atoms with Crippen molar-refractivity contribution in [3.8, 4) is 17.0 Å². The number of hydrogen-bond donors (Lipinski definition) is 0. The molecule has 0 atom stereocenters. The molecule has 0 aliphatic heterocycles. The van der Waals surface area contributed by atoms with E-state index in [1.54, 1.807) is 13.3 Å². The van der Waals surface area contributed by atoms with Crippen LogP contribution in [0.2, 0.25) is 0 Å². The van der Waals surface area contributed by atoms with Gasteiger partial charge in [0.1, 0.15) is 5.75 Å². The Labute approximate surface area is 111 Å². The van der Waals surface area contributed by atoms with Gasteiger partial charge in [0.15, 0.2) is 5.65 Å². The second-order valence-corrected chi connectivity index (χ2v) is 4.43.